The van der Waals surface area contributed by atoms with Crippen LogP contribution < -0.4 is 14.8 Å². The third kappa shape index (κ3) is 4.84. The van der Waals surface area contributed by atoms with Gasteiger partial charge in [-0.15, -0.1) is 10.2 Å². The van der Waals surface area contributed by atoms with E-state index < -0.39 is 27.4 Å². The molecule has 0 unspecified atom stereocenters. The molecular weight excluding hydrogens is 426 g/mol. The van der Waals surface area contributed by atoms with Gasteiger partial charge in [0.1, 0.15) is 5.75 Å². The third-order valence-corrected chi connectivity index (χ3v) is 5.85. The molecule has 1 aromatic heterocycles. The molecule has 8 nitrogen and oxygen atoms in total. The highest BCUT2D eigenvalue weighted by molar-refractivity contribution is 7.92. The van der Waals surface area contributed by atoms with Gasteiger partial charge in [-0.25, -0.2) is 17.2 Å². The zero-order valence-electron chi connectivity index (χ0n) is 14.8. The minimum absolute atomic E-state index is 0.0733. The molecule has 12 heteroatoms. The SMILES string of the molecule is COc1ccccc1NS(=O)(=O)c1ccc(C(=O)Nc2nnc(C(F)F)s2)cc1. The molecule has 1 amide bonds. The topological polar surface area (TPSA) is 110 Å². The molecule has 0 saturated heterocycles. The smallest absolute Gasteiger partial charge is 0.291 e. The predicted octanol–water partition coefficient (Wildman–Crippen LogP) is 3.54. The molecule has 0 atom stereocenters. The van der Waals surface area contributed by atoms with Gasteiger partial charge in [0.05, 0.1) is 17.7 Å². The van der Waals surface area contributed by atoms with E-state index in [4.69, 9.17) is 4.74 Å². The number of nitrogens with zero attached hydrogens (tertiary/aromatic N) is 2. The number of ether oxygens (including phenoxy) is 1. The van der Waals surface area contributed by atoms with Crippen LogP contribution in [0.4, 0.5) is 19.6 Å². The lowest BCUT2D eigenvalue weighted by molar-refractivity contribution is 0.102. The minimum Gasteiger partial charge on any atom is -0.495 e. The maximum Gasteiger partial charge on any atom is 0.291 e. The van der Waals surface area contributed by atoms with Crippen molar-refractivity contribution in [2.24, 2.45) is 0 Å². The number of carbonyl (C=O) groups is 1. The molecule has 0 fully saturated rings. The zero-order chi connectivity index (χ0) is 21.0. The highest BCUT2D eigenvalue weighted by Crippen LogP contribution is 2.27. The lowest BCUT2D eigenvalue weighted by Gasteiger charge is -2.11. The fraction of sp³-hybridized carbons (Fsp3) is 0.118. The van der Waals surface area contributed by atoms with Crippen LogP contribution in [0.5, 0.6) is 5.75 Å². The van der Waals surface area contributed by atoms with Crippen LogP contribution in [0.25, 0.3) is 0 Å². The largest absolute Gasteiger partial charge is 0.495 e. The number of sulfonamides is 1. The number of benzene rings is 2. The van der Waals surface area contributed by atoms with Crippen LogP contribution in [0.2, 0.25) is 0 Å². The number of para-hydroxylation sites is 2. The van der Waals surface area contributed by atoms with Gasteiger partial charge in [-0.05, 0) is 36.4 Å². The van der Waals surface area contributed by atoms with Gasteiger partial charge in [0.2, 0.25) is 5.13 Å². The number of alkyl halides is 2. The highest BCUT2D eigenvalue weighted by atomic mass is 32.2. The molecule has 0 saturated carbocycles. The Balaban J connectivity index is 1.73. The molecular formula is C17H14F2N4O4S2. The van der Waals surface area contributed by atoms with Crippen molar-refractivity contribution < 1.29 is 26.7 Å². The van der Waals surface area contributed by atoms with Crippen molar-refractivity contribution in [1.29, 1.82) is 0 Å². The van der Waals surface area contributed by atoms with Crippen LogP contribution in [0.15, 0.2) is 53.4 Å². The summed E-state index contributed by atoms with van der Waals surface area (Å²) in [6.45, 7) is 0. The molecule has 1 heterocycles. The highest BCUT2D eigenvalue weighted by Gasteiger charge is 2.19. The number of rotatable bonds is 7. The monoisotopic (exact) mass is 440 g/mol. The summed E-state index contributed by atoms with van der Waals surface area (Å²) in [6, 6.07) is 11.6. The summed E-state index contributed by atoms with van der Waals surface area (Å²) in [7, 11) is -2.50. The molecule has 0 aliphatic rings. The first-order valence-electron chi connectivity index (χ1n) is 7.99. The molecule has 29 heavy (non-hydrogen) atoms. The van der Waals surface area contributed by atoms with Crippen LogP contribution in [0.1, 0.15) is 21.8 Å². The van der Waals surface area contributed by atoms with Crippen molar-refractivity contribution in [1.82, 2.24) is 10.2 Å². The van der Waals surface area contributed by atoms with Gasteiger partial charge in [-0.1, -0.05) is 23.5 Å². The number of halogens is 2. The molecule has 0 aliphatic heterocycles. The number of nitrogens with one attached hydrogen (secondary N) is 2. The first-order chi connectivity index (χ1) is 13.8. The van der Waals surface area contributed by atoms with E-state index in [0.717, 1.165) is 0 Å². The fourth-order valence-electron chi connectivity index (χ4n) is 2.26. The summed E-state index contributed by atoms with van der Waals surface area (Å²) >= 11 is 0.554. The van der Waals surface area contributed by atoms with Gasteiger partial charge in [-0.3, -0.25) is 14.8 Å². The van der Waals surface area contributed by atoms with Crippen LogP contribution in [0, 0.1) is 0 Å². The van der Waals surface area contributed by atoms with Crippen molar-refractivity contribution in [3.63, 3.8) is 0 Å². The number of amides is 1. The second-order valence-electron chi connectivity index (χ2n) is 5.53. The number of anilines is 2. The second-order valence-corrected chi connectivity index (χ2v) is 8.22. The molecule has 0 aliphatic carbocycles. The molecule has 0 spiro atoms. The molecule has 0 radical (unpaired) electrons. The molecule has 152 valence electrons. The quantitative estimate of drug-likeness (QED) is 0.582. The maximum absolute atomic E-state index is 12.6. The van der Waals surface area contributed by atoms with Crippen molar-refractivity contribution in [2.75, 3.05) is 17.1 Å². The van der Waals surface area contributed by atoms with E-state index in [2.05, 4.69) is 20.2 Å². The average molecular weight is 440 g/mol. The summed E-state index contributed by atoms with van der Waals surface area (Å²) in [5.74, 6) is -0.282. The van der Waals surface area contributed by atoms with E-state index in [0.29, 0.717) is 17.1 Å². The summed E-state index contributed by atoms with van der Waals surface area (Å²) in [5.41, 5.74) is 0.387. The molecule has 2 N–H and O–H groups in total. The minimum atomic E-state index is -3.92. The van der Waals surface area contributed by atoms with Gasteiger partial charge >= 0.3 is 0 Å². The van der Waals surface area contributed by atoms with Crippen molar-refractivity contribution in [3.05, 3.63) is 59.1 Å². The summed E-state index contributed by atoms with van der Waals surface area (Å²) < 4.78 is 57.7. The van der Waals surface area contributed by atoms with Crippen molar-refractivity contribution in [3.8, 4) is 5.75 Å². The first kappa shape index (κ1) is 20.6. The Morgan fingerprint density at radius 3 is 2.41 bits per heavy atom. The van der Waals surface area contributed by atoms with Gasteiger partial charge in [-0.2, -0.15) is 0 Å². The van der Waals surface area contributed by atoms with E-state index in [1.165, 1.54) is 31.4 Å². The Morgan fingerprint density at radius 1 is 1.10 bits per heavy atom. The zero-order valence-corrected chi connectivity index (χ0v) is 16.4. The number of methoxy groups -OCH3 is 1. The summed E-state index contributed by atoms with van der Waals surface area (Å²) in [4.78, 5) is 12.1. The van der Waals surface area contributed by atoms with Crippen LogP contribution in [-0.4, -0.2) is 31.6 Å². The van der Waals surface area contributed by atoms with Gasteiger partial charge in [0.25, 0.3) is 22.4 Å². The standard InChI is InChI=1S/C17H14F2N4O4S2/c1-27-13-5-3-2-4-12(13)23-29(25,26)11-8-6-10(7-9-11)15(24)20-17-22-21-16(28-17)14(18)19/h2-9,14,23H,1H3,(H,20,22,24). The normalized spacial score (nSPS) is 11.3. The van der Waals surface area contributed by atoms with Crippen LogP contribution in [-0.2, 0) is 10.0 Å². The van der Waals surface area contributed by atoms with Crippen LogP contribution >= 0.6 is 11.3 Å². The van der Waals surface area contributed by atoms with E-state index in [-0.39, 0.29) is 21.3 Å². The molecule has 3 rings (SSSR count). The van der Waals surface area contributed by atoms with Gasteiger partial charge < -0.3 is 4.74 Å². The van der Waals surface area contributed by atoms with Crippen LogP contribution in [0.3, 0.4) is 0 Å². The number of aromatic nitrogens is 2. The average Bonchev–Trinajstić information content (AvgIpc) is 3.17. The lowest BCUT2D eigenvalue weighted by Crippen LogP contribution is -2.15. The first-order valence-corrected chi connectivity index (χ1v) is 10.3. The summed E-state index contributed by atoms with van der Waals surface area (Å²) in [6.07, 6.45) is -2.78. The van der Waals surface area contributed by atoms with E-state index in [9.17, 15) is 22.0 Å². The maximum atomic E-state index is 12.6. The van der Waals surface area contributed by atoms with Gasteiger partial charge in [0, 0.05) is 5.56 Å². The van der Waals surface area contributed by atoms with E-state index >= 15 is 0 Å². The predicted molar refractivity (Wildman–Crippen MR) is 103 cm³/mol. The Bertz CT molecular complexity index is 1120. The lowest BCUT2D eigenvalue weighted by atomic mass is 10.2. The molecule has 2 aromatic carbocycles. The fourth-order valence-corrected chi connectivity index (χ4v) is 3.93. The molecule has 0 bridgehead atoms. The Morgan fingerprint density at radius 2 is 1.79 bits per heavy atom. The third-order valence-electron chi connectivity index (χ3n) is 3.63. The Labute approximate surface area is 168 Å². The number of carbonyl (C=O) groups excluding carboxylic acids is 1. The van der Waals surface area contributed by atoms with Crippen molar-refractivity contribution in [2.45, 2.75) is 11.3 Å². The summed E-state index contributed by atoms with van der Waals surface area (Å²) in [5, 5.41) is 8.47. The Kier molecular flexibility index (Phi) is 6.03. The number of hydrogen-bond acceptors (Lipinski definition) is 7. The van der Waals surface area contributed by atoms with E-state index in [1.54, 1.807) is 24.3 Å². The van der Waals surface area contributed by atoms with E-state index in [1.807, 2.05) is 0 Å². The second kappa shape index (κ2) is 8.49. The molecule has 3 aromatic rings. The van der Waals surface area contributed by atoms with Crippen molar-refractivity contribution >= 4 is 38.1 Å². The number of hydrogen-bond donors (Lipinski definition) is 2. The van der Waals surface area contributed by atoms with Gasteiger partial charge in [0.15, 0.2) is 5.01 Å². The Hall–Kier alpha value is -3.12.